The van der Waals surface area contributed by atoms with Gasteiger partial charge in [0.2, 0.25) is 11.1 Å². The molecule has 0 fully saturated rings. The molecule has 1 amide bonds. The molecule has 156 valence electrons. The third-order valence-electron chi connectivity index (χ3n) is 5.53. The summed E-state index contributed by atoms with van der Waals surface area (Å²) in [5.41, 5.74) is 4.08. The summed E-state index contributed by atoms with van der Waals surface area (Å²) in [7, 11) is 0. The van der Waals surface area contributed by atoms with E-state index in [2.05, 4.69) is 31.6 Å². The molecule has 3 heterocycles. The van der Waals surface area contributed by atoms with Gasteiger partial charge < -0.3 is 10.3 Å². The molecule has 0 aliphatic heterocycles. The minimum absolute atomic E-state index is 0.136. The number of thioether (sulfide) groups is 1. The van der Waals surface area contributed by atoms with Crippen molar-refractivity contribution in [1.29, 1.82) is 5.26 Å². The van der Waals surface area contributed by atoms with Crippen molar-refractivity contribution >= 4 is 56.1 Å². The number of amides is 1. The molecule has 5 rings (SSSR count). The van der Waals surface area contributed by atoms with Crippen LogP contribution in [0.5, 0.6) is 0 Å². The molecule has 3 aromatic heterocycles. The first kappa shape index (κ1) is 20.0. The van der Waals surface area contributed by atoms with Crippen LogP contribution in [0.1, 0.15) is 42.2 Å². The van der Waals surface area contributed by atoms with E-state index in [-0.39, 0.29) is 11.2 Å². The second kappa shape index (κ2) is 8.29. The number of H-pyrrole nitrogens is 1. The quantitative estimate of drug-likeness (QED) is 0.424. The Kier molecular flexibility index (Phi) is 5.34. The van der Waals surface area contributed by atoms with Crippen LogP contribution in [0, 0.1) is 11.3 Å². The summed E-state index contributed by atoms with van der Waals surface area (Å²) in [6.45, 7) is 1.96. The number of fused-ring (bicyclic) bond motifs is 4. The third-order valence-corrected chi connectivity index (χ3v) is 7.96. The van der Waals surface area contributed by atoms with E-state index in [4.69, 9.17) is 0 Å². The van der Waals surface area contributed by atoms with Gasteiger partial charge in [-0.15, -0.1) is 21.5 Å². The standard InChI is InChI=1S/C22H20N6OS2/c1-2-16(20(29)26-21-14(11-23)12-7-4-6-10-17(12)30-21)31-22-25-19-18(27-28-22)13-8-3-5-9-15(13)24-19/h3,5,8-9,16H,2,4,6-7,10H2,1H3,(H,26,29)(H,24,25,28). The number of benzene rings is 1. The van der Waals surface area contributed by atoms with Crippen LogP contribution < -0.4 is 5.32 Å². The molecule has 31 heavy (non-hydrogen) atoms. The van der Waals surface area contributed by atoms with Gasteiger partial charge in [-0.1, -0.05) is 36.9 Å². The van der Waals surface area contributed by atoms with E-state index < -0.39 is 0 Å². The average molecular weight is 449 g/mol. The van der Waals surface area contributed by atoms with Gasteiger partial charge >= 0.3 is 0 Å². The van der Waals surface area contributed by atoms with E-state index in [0.29, 0.717) is 27.8 Å². The monoisotopic (exact) mass is 448 g/mol. The summed E-state index contributed by atoms with van der Waals surface area (Å²) < 4.78 is 0. The number of aromatic amines is 1. The molecule has 2 N–H and O–H groups in total. The Bertz CT molecular complexity index is 1340. The second-order valence-corrected chi connectivity index (χ2v) is 9.77. The molecule has 0 radical (unpaired) electrons. The highest BCUT2D eigenvalue weighted by molar-refractivity contribution is 8.00. The number of carbonyl (C=O) groups is 1. The summed E-state index contributed by atoms with van der Waals surface area (Å²) in [5.74, 6) is -0.136. The fourth-order valence-electron chi connectivity index (χ4n) is 3.97. The van der Waals surface area contributed by atoms with Gasteiger partial charge in [-0.25, -0.2) is 4.98 Å². The highest BCUT2D eigenvalue weighted by atomic mass is 32.2. The highest BCUT2D eigenvalue weighted by Gasteiger charge is 2.25. The minimum Gasteiger partial charge on any atom is -0.338 e. The highest BCUT2D eigenvalue weighted by Crippen LogP contribution is 2.38. The van der Waals surface area contributed by atoms with Gasteiger partial charge in [0, 0.05) is 15.8 Å². The Morgan fingerprint density at radius 1 is 1.32 bits per heavy atom. The predicted molar refractivity (Wildman–Crippen MR) is 123 cm³/mol. The molecule has 9 heteroatoms. The number of hydrogen-bond acceptors (Lipinski definition) is 7. The molecule has 0 saturated carbocycles. The zero-order valence-corrected chi connectivity index (χ0v) is 18.6. The van der Waals surface area contributed by atoms with Gasteiger partial charge in [-0.05, 0) is 43.7 Å². The number of anilines is 1. The molecule has 1 aliphatic carbocycles. The van der Waals surface area contributed by atoms with E-state index in [0.717, 1.165) is 47.7 Å². The second-order valence-electron chi connectivity index (χ2n) is 7.49. The summed E-state index contributed by atoms with van der Waals surface area (Å²) in [6.07, 6.45) is 4.75. The van der Waals surface area contributed by atoms with Crippen LogP contribution in [0.15, 0.2) is 29.4 Å². The number of hydrogen-bond donors (Lipinski definition) is 2. The smallest absolute Gasteiger partial charge is 0.238 e. The normalized spacial score (nSPS) is 14.3. The maximum absolute atomic E-state index is 13.0. The van der Waals surface area contributed by atoms with Crippen molar-refractivity contribution in [3.05, 3.63) is 40.3 Å². The first-order chi connectivity index (χ1) is 15.2. The number of nitrogens with zero attached hydrogens (tertiary/aromatic N) is 4. The molecule has 0 spiro atoms. The van der Waals surface area contributed by atoms with Gasteiger partial charge in [-0.2, -0.15) is 5.26 Å². The Morgan fingerprint density at radius 2 is 2.16 bits per heavy atom. The Balaban J connectivity index is 1.37. The van der Waals surface area contributed by atoms with Crippen molar-refractivity contribution in [3.8, 4) is 6.07 Å². The molecule has 0 bridgehead atoms. The van der Waals surface area contributed by atoms with Gasteiger partial charge in [0.05, 0.1) is 10.8 Å². The van der Waals surface area contributed by atoms with Gasteiger partial charge in [0.25, 0.3) is 0 Å². The summed E-state index contributed by atoms with van der Waals surface area (Å²) >= 11 is 2.84. The maximum atomic E-state index is 13.0. The van der Waals surface area contributed by atoms with Crippen LogP contribution in [0.2, 0.25) is 0 Å². The molecule has 0 saturated heterocycles. The molecule has 1 unspecified atom stereocenters. The van der Waals surface area contributed by atoms with Crippen LogP contribution in [-0.2, 0) is 17.6 Å². The van der Waals surface area contributed by atoms with Crippen molar-refractivity contribution in [2.75, 3.05) is 5.32 Å². The summed E-state index contributed by atoms with van der Waals surface area (Å²) in [5, 5.41) is 22.9. The van der Waals surface area contributed by atoms with Gasteiger partial charge in [0.1, 0.15) is 16.6 Å². The average Bonchev–Trinajstić information content (AvgIpc) is 3.34. The molecule has 7 nitrogen and oxygen atoms in total. The van der Waals surface area contributed by atoms with E-state index >= 15 is 0 Å². The Labute approximate surface area is 187 Å². The lowest BCUT2D eigenvalue weighted by molar-refractivity contribution is -0.115. The van der Waals surface area contributed by atoms with Crippen LogP contribution in [-0.4, -0.2) is 31.3 Å². The molecule has 4 aromatic rings. The predicted octanol–water partition coefficient (Wildman–Crippen LogP) is 4.83. The van der Waals surface area contributed by atoms with E-state index in [9.17, 15) is 10.1 Å². The lowest BCUT2D eigenvalue weighted by atomic mass is 9.96. The number of aryl methyl sites for hydroxylation is 1. The molecule has 1 atom stereocenters. The molecule has 1 aliphatic rings. The van der Waals surface area contributed by atoms with Crippen molar-refractivity contribution < 1.29 is 4.79 Å². The molecular formula is C22H20N6OS2. The van der Waals surface area contributed by atoms with Crippen LogP contribution in [0.3, 0.4) is 0 Å². The van der Waals surface area contributed by atoms with E-state index in [1.54, 1.807) is 11.3 Å². The topological polar surface area (TPSA) is 107 Å². The van der Waals surface area contributed by atoms with Crippen molar-refractivity contribution in [2.45, 2.75) is 49.4 Å². The van der Waals surface area contributed by atoms with Crippen LogP contribution in [0.25, 0.3) is 22.1 Å². The Hall–Kier alpha value is -2.96. The number of carbonyl (C=O) groups excluding carboxylic acids is 1. The van der Waals surface area contributed by atoms with E-state index in [1.165, 1.54) is 16.6 Å². The molecular weight excluding hydrogens is 428 g/mol. The zero-order valence-electron chi connectivity index (χ0n) is 16.9. The van der Waals surface area contributed by atoms with Crippen molar-refractivity contribution in [1.82, 2.24) is 20.2 Å². The van der Waals surface area contributed by atoms with Crippen LogP contribution in [0.4, 0.5) is 5.00 Å². The molecule has 1 aromatic carbocycles. The lowest BCUT2D eigenvalue weighted by Gasteiger charge is -2.13. The van der Waals surface area contributed by atoms with Crippen molar-refractivity contribution in [3.63, 3.8) is 0 Å². The summed E-state index contributed by atoms with van der Waals surface area (Å²) in [6, 6.07) is 10.2. The van der Waals surface area contributed by atoms with Gasteiger partial charge in [-0.3, -0.25) is 4.79 Å². The largest absolute Gasteiger partial charge is 0.338 e. The lowest BCUT2D eigenvalue weighted by Crippen LogP contribution is -2.24. The fourth-order valence-corrected chi connectivity index (χ4v) is 6.03. The first-order valence-corrected chi connectivity index (χ1v) is 12.0. The van der Waals surface area contributed by atoms with E-state index in [1.807, 2.05) is 31.2 Å². The van der Waals surface area contributed by atoms with Gasteiger partial charge in [0.15, 0.2) is 5.65 Å². The number of aromatic nitrogens is 4. The number of thiophene rings is 1. The Morgan fingerprint density at radius 3 is 3.00 bits per heavy atom. The van der Waals surface area contributed by atoms with Crippen LogP contribution >= 0.6 is 23.1 Å². The SMILES string of the molecule is CCC(Sc1nnc2c(n1)[nH]c1ccccc12)C(=O)Nc1sc2c(c1C#N)CCCC2. The number of rotatable bonds is 5. The number of nitriles is 1. The minimum atomic E-state index is -0.380. The third kappa shape index (κ3) is 3.66. The number of para-hydroxylation sites is 1. The fraction of sp³-hybridized carbons (Fsp3) is 0.318. The first-order valence-electron chi connectivity index (χ1n) is 10.3. The van der Waals surface area contributed by atoms with Crippen molar-refractivity contribution in [2.24, 2.45) is 0 Å². The summed E-state index contributed by atoms with van der Waals surface area (Å²) in [4.78, 5) is 22.1. The number of nitrogens with one attached hydrogen (secondary N) is 2. The zero-order chi connectivity index (χ0) is 21.4. The maximum Gasteiger partial charge on any atom is 0.238 e.